The Balaban J connectivity index is 2.06. The molecule has 4 heteroatoms. The number of hydrogen-bond donors (Lipinski definition) is 0. The van der Waals surface area contributed by atoms with Crippen LogP contribution in [0.1, 0.15) is 40.5 Å². The van der Waals surface area contributed by atoms with Gasteiger partial charge in [-0.15, -0.1) is 0 Å². The van der Waals surface area contributed by atoms with Gasteiger partial charge < -0.3 is 9.47 Å². The highest BCUT2D eigenvalue weighted by molar-refractivity contribution is 6.37. The van der Waals surface area contributed by atoms with Crippen LogP contribution < -0.4 is 0 Å². The average molecular weight is 262 g/mol. The smallest absolute Gasteiger partial charge is 0.148 e. The first-order valence-electron chi connectivity index (χ1n) is 7.06. The fraction of sp³-hybridized carbons (Fsp3) is 0.800. The highest BCUT2D eigenvalue weighted by atomic mass is 16.6. The Kier molecular flexibility index (Phi) is 3.94. The van der Waals surface area contributed by atoms with Gasteiger partial charge in [0.05, 0.1) is 12.2 Å². The van der Waals surface area contributed by atoms with Crippen molar-refractivity contribution in [3.63, 3.8) is 0 Å². The second kappa shape index (κ2) is 5.06. The first-order chi connectivity index (χ1) is 8.77. The van der Waals surface area contributed by atoms with Crippen LogP contribution in [0.15, 0.2) is 11.5 Å². The van der Waals surface area contributed by atoms with Gasteiger partial charge in [0.15, 0.2) is 0 Å². The molecule has 0 N–H and O–H groups in total. The van der Waals surface area contributed by atoms with Crippen LogP contribution in [0.5, 0.6) is 0 Å². The monoisotopic (exact) mass is 262 g/mol. The molecule has 1 saturated heterocycles. The standard InChI is InChI=1S/C15H23BO3/c1-10(2)5-6-18-14(3,4)13-7-12(17)11(16)8-15(13)9-19-15/h8,10,13H,5-7,9H2,1-4H3/t13?,15-/m0/s1. The summed E-state index contributed by atoms with van der Waals surface area (Å²) in [5.41, 5.74) is -0.399. The maximum atomic E-state index is 11.8. The lowest BCUT2D eigenvalue weighted by molar-refractivity contribution is -0.124. The van der Waals surface area contributed by atoms with E-state index < -0.39 is 0 Å². The molecule has 0 bridgehead atoms. The second-order valence-electron chi connectivity index (χ2n) is 6.66. The number of Topliss-reactive ketones (excluding diaryl/α,β-unsaturated/α-hetero) is 1. The molecule has 1 aliphatic carbocycles. The van der Waals surface area contributed by atoms with Crippen molar-refractivity contribution in [3.8, 4) is 0 Å². The van der Waals surface area contributed by atoms with Crippen molar-refractivity contribution in [3.05, 3.63) is 11.5 Å². The summed E-state index contributed by atoms with van der Waals surface area (Å²) >= 11 is 0. The van der Waals surface area contributed by atoms with Crippen molar-refractivity contribution in [1.82, 2.24) is 0 Å². The third kappa shape index (κ3) is 3.11. The van der Waals surface area contributed by atoms with Gasteiger partial charge in [0.25, 0.3) is 0 Å². The number of carbonyl (C=O) groups is 1. The first kappa shape index (κ1) is 14.8. The molecular weight excluding hydrogens is 239 g/mol. The number of hydrogen-bond acceptors (Lipinski definition) is 3. The molecule has 2 atom stereocenters. The predicted octanol–water partition coefficient (Wildman–Crippen LogP) is 2.24. The van der Waals surface area contributed by atoms with Crippen LogP contribution >= 0.6 is 0 Å². The number of carbonyl (C=O) groups excluding carboxylic acids is 1. The van der Waals surface area contributed by atoms with Crippen LogP contribution in [0.25, 0.3) is 0 Å². The normalized spacial score (nSPS) is 30.9. The maximum Gasteiger partial charge on any atom is 0.148 e. The lowest BCUT2D eigenvalue weighted by atomic mass is 9.68. The molecule has 2 radical (unpaired) electrons. The van der Waals surface area contributed by atoms with Crippen LogP contribution in [0, 0.1) is 11.8 Å². The maximum absolute atomic E-state index is 11.8. The van der Waals surface area contributed by atoms with Crippen LogP contribution in [0.3, 0.4) is 0 Å². The summed E-state index contributed by atoms with van der Waals surface area (Å²) in [7, 11) is 5.73. The molecule has 1 heterocycles. The zero-order valence-electron chi connectivity index (χ0n) is 12.4. The summed E-state index contributed by atoms with van der Waals surface area (Å²) in [6, 6.07) is 0. The van der Waals surface area contributed by atoms with E-state index in [4.69, 9.17) is 17.3 Å². The van der Waals surface area contributed by atoms with E-state index in [0.29, 0.717) is 31.0 Å². The van der Waals surface area contributed by atoms with Crippen molar-refractivity contribution in [2.24, 2.45) is 11.8 Å². The van der Waals surface area contributed by atoms with Crippen LogP contribution in [-0.4, -0.2) is 38.0 Å². The molecular formula is C15H23BO3. The van der Waals surface area contributed by atoms with Crippen molar-refractivity contribution >= 4 is 13.6 Å². The van der Waals surface area contributed by atoms with E-state index in [1.54, 1.807) is 6.08 Å². The third-order valence-corrected chi connectivity index (χ3v) is 4.19. The molecule has 1 aliphatic heterocycles. The van der Waals surface area contributed by atoms with E-state index in [9.17, 15) is 4.79 Å². The molecule has 3 nitrogen and oxygen atoms in total. The largest absolute Gasteiger partial charge is 0.375 e. The van der Waals surface area contributed by atoms with Crippen molar-refractivity contribution in [1.29, 1.82) is 0 Å². The zero-order valence-corrected chi connectivity index (χ0v) is 12.4. The van der Waals surface area contributed by atoms with Gasteiger partial charge in [-0.2, -0.15) is 0 Å². The zero-order chi connectivity index (χ0) is 14.3. The predicted molar refractivity (Wildman–Crippen MR) is 75.1 cm³/mol. The number of epoxide rings is 1. The van der Waals surface area contributed by atoms with Gasteiger partial charge >= 0.3 is 0 Å². The van der Waals surface area contributed by atoms with Crippen molar-refractivity contribution < 1.29 is 14.3 Å². The SMILES string of the molecule is [B]C1=C[C@]2(CO2)C(C(C)(C)OCCC(C)C)CC1=O. The number of rotatable bonds is 5. The van der Waals surface area contributed by atoms with Gasteiger partial charge in [-0.3, -0.25) is 4.79 Å². The van der Waals surface area contributed by atoms with Gasteiger partial charge in [0.1, 0.15) is 19.2 Å². The molecule has 1 spiro atoms. The van der Waals surface area contributed by atoms with Crippen LogP contribution in [0.4, 0.5) is 0 Å². The Bertz CT molecular complexity index is 394. The molecule has 2 aliphatic rings. The highest BCUT2D eigenvalue weighted by Crippen LogP contribution is 2.48. The van der Waals surface area contributed by atoms with Crippen LogP contribution in [-0.2, 0) is 14.3 Å². The quantitative estimate of drug-likeness (QED) is 0.563. The summed E-state index contributed by atoms with van der Waals surface area (Å²) in [5.74, 6) is 0.670. The highest BCUT2D eigenvalue weighted by Gasteiger charge is 2.58. The molecule has 104 valence electrons. The van der Waals surface area contributed by atoms with Crippen LogP contribution in [0.2, 0.25) is 0 Å². The van der Waals surface area contributed by atoms with E-state index in [0.717, 1.165) is 6.42 Å². The summed E-state index contributed by atoms with van der Waals surface area (Å²) in [5, 5.41) is 0. The van der Waals surface area contributed by atoms with Gasteiger partial charge in [0, 0.05) is 18.9 Å². The lowest BCUT2D eigenvalue weighted by Gasteiger charge is -2.39. The molecule has 0 aromatic carbocycles. The number of ether oxygens (including phenoxy) is 2. The molecule has 0 amide bonds. The Morgan fingerprint density at radius 1 is 1.58 bits per heavy atom. The van der Waals surface area contributed by atoms with Gasteiger partial charge in [0.2, 0.25) is 0 Å². The first-order valence-corrected chi connectivity index (χ1v) is 7.06. The molecule has 1 fully saturated rings. The van der Waals surface area contributed by atoms with E-state index in [1.807, 2.05) is 13.8 Å². The number of allylic oxidation sites excluding steroid dienone is 1. The molecule has 2 rings (SSSR count). The third-order valence-electron chi connectivity index (χ3n) is 4.19. The topological polar surface area (TPSA) is 38.8 Å². The Morgan fingerprint density at radius 3 is 2.74 bits per heavy atom. The van der Waals surface area contributed by atoms with E-state index in [1.165, 1.54) is 0 Å². The fourth-order valence-corrected chi connectivity index (χ4v) is 2.78. The van der Waals surface area contributed by atoms with Gasteiger partial charge in [-0.05, 0) is 26.2 Å². The molecule has 19 heavy (non-hydrogen) atoms. The van der Waals surface area contributed by atoms with E-state index in [2.05, 4.69) is 13.8 Å². The summed E-state index contributed by atoms with van der Waals surface area (Å²) in [6.45, 7) is 9.80. The summed E-state index contributed by atoms with van der Waals surface area (Å²) in [4.78, 5) is 11.8. The van der Waals surface area contributed by atoms with E-state index >= 15 is 0 Å². The Hall–Kier alpha value is -0.605. The average Bonchev–Trinajstić information content (AvgIpc) is 3.03. The Morgan fingerprint density at radius 2 is 2.21 bits per heavy atom. The Labute approximate surface area is 117 Å². The van der Waals surface area contributed by atoms with Gasteiger partial charge in [-0.1, -0.05) is 25.4 Å². The molecule has 0 aromatic rings. The van der Waals surface area contributed by atoms with Crippen molar-refractivity contribution in [2.75, 3.05) is 13.2 Å². The minimum Gasteiger partial charge on any atom is -0.375 e. The minimum atomic E-state index is -0.377. The summed E-state index contributed by atoms with van der Waals surface area (Å²) in [6.07, 6.45) is 3.23. The van der Waals surface area contributed by atoms with E-state index in [-0.39, 0.29) is 22.9 Å². The fourth-order valence-electron chi connectivity index (χ4n) is 2.78. The molecule has 1 unspecified atom stereocenters. The summed E-state index contributed by atoms with van der Waals surface area (Å²) < 4.78 is 11.6. The molecule has 0 aromatic heterocycles. The molecule has 0 saturated carbocycles. The lowest BCUT2D eigenvalue weighted by Crippen LogP contribution is -2.47. The van der Waals surface area contributed by atoms with Crippen molar-refractivity contribution in [2.45, 2.75) is 51.7 Å². The second-order valence-corrected chi connectivity index (χ2v) is 6.66. The minimum absolute atomic E-state index is 0.00617. The van der Waals surface area contributed by atoms with Gasteiger partial charge in [-0.25, -0.2) is 0 Å². The number of ketones is 1.